The van der Waals surface area contributed by atoms with Crippen molar-refractivity contribution < 1.29 is 4.74 Å². The topological polar surface area (TPSA) is 21.3 Å². The van der Waals surface area contributed by atoms with Crippen molar-refractivity contribution >= 4 is 0 Å². The third-order valence-corrected chi connectivity index (χ3v) is 4.01. The van der Waals surface area contributed by atoms with Gasteiger partial charge in [0.25, 0.3) is 0 Å². The Morgan fingerprint density at radius 1 is 0.905 bits per heavy atom. The first-order valence-electron chi connectivity index (χ1n) is 7.49. The maximum Gasteiger partial charge on any atom is 0.123 e. The lowest BCUT2D eigenvalue weighted by Gasteiger charge is -2.23. The highest BCUT2D eigenvalue weighted by molar-refractivity contribution is 5.39. The van der Waals surface area contributed by atoms with Gasteiger partial charge >= 0.3 is 0 Å². The summed E-state index contributed by atoms with van der Waals surface area (Å²) in [4.78, 5) is 0. The molecule has 0 bridgehead atoms. The molecule has 0 aromatic heterocycles. The predicted molar refractivity (Wildman–Crippen MR) is 88.9 cm³/mol. The number of ether oxygens (including phenoxy) is 1. The minimum Gasteiger partial charge on any atom is -0.496 e. The number of hydrogen-bond donors (Lipinski definition) is 1. The Kier molecular flexibility index (Phi) is 5.03. The minimum atomic E-state index is 0.231. The molecule has 0 spiro atoms. The molecule has 2 nitrogen and oxygen atoms in total. The van der Waals surface area contributed by atoms with Gasteiger partial charge in [0.05, 0.1) is 7.11 Å². The molecule has 1 N–H and O–H groups in total. The predicted octanol–water partition coefficient (Wildman–Crippen LogP) is 4.72. The molecule has 0 saturated heterocycles. The molecule has 0 aliphatic heterocycles. The van der Waals surface area contributed by atoms with Crippen LogP contribution in [0.3, 0.4) is 0 Å². The second-order valence-electron chi connectivity index (χ2n) is 5.71. The number of aryl methyl sites for hydroxylation is 2. The average Bonchev–Trinajstić information content (AvgIpc) is 2.47. The fraction of sp³-hybridized carbons (Fsp3) is 0.368. The first-order chi connectivity index (χ1) is 10.0. The molecule has 2 atom stereocenters. The van der Waals surface area contributed by atoms with E-state index in [0.717, 1.165) is 5.75 Å². The van der Waals surface area contributed by atoms with Crippen molar-refractivity contribution in [2.75, 3.05) is 7.11 Å². The summed E-state index contributed by atoms with van der Waals surface area (Å²) in [5.41, 5.74) is 5.12. The van der Waals surface area contributed by atoms with Gasteiger partial charge in [-0.3, -0.25) is 0 Å². The lowest BCUT2D eigenvalue weighted by Crippen LogP contribution is -2.23. The van der Waals surface area contributed by atoms with E-state index in [1.807, 2.05) is 6.07 Å². The normalized spacial score (nSPS) is 13.8. The zero-order valence-electron chi connectivity index (χ0n) is 13.6. The second-order valence-corrected chi connectivity index (χ2v) is 5.71. The Balaban J connectivity index is 2.20. The summed E-state index contributed by atoms with van der Waals surface area (Å²) in [6.07, 6.45) is 0. The quantitative estimate of drug-likeness (QED) is 0.857. The second kappa shape index (κ2) is 6.77. The molecule has 0 aliphatic rings. The van der Waals surface area contributed by atoms with E-state index >= 15 is 0 Å². The van der Waals surface area contributed by atoms with Crippen LogP contribution in [0.25, 0.3) is 0 Å². The van der Waals surface area contributed by atoms with Crippen LogP contribution in [0.5, 0.6) is 5.75 Å². The Bertz CT molecular complexity index is 606. The van der Waals surface area contributed by atoms with Crippen molar-refractivity contribution in [1.82, 2.24) is 5.32 Å². The third kappa shape index (κ3) is 3.64. The van der Waals surface area contributed by atoms with E-state index in [4.69, 9.17) is 4.74 Å². The molecule has 2 aromatic rings. The van der Waals surface area contributed by atoms with Gasteiger partial charge in [-0.2, -0.15) is 0 Å². The van der Waals surface area contributed by atoms with Gasteiger partial charge in [-0.05, 0) is 44.9 Å². The van der Waals surface area contributed by atoms with Crippen LogP contribution in [0.2, 0.25) is 0 Å². The van der Waals surface area contributed by atoms with Gasteiger partial charge in [-0.25, -0.2) is 0 Å². The van der Waals surface area contributed by atoms with Gasteiger partial charge in [0.1, 0.15) is 5.75 Å². The molecule has 2 aromatic carbocycles. The summed E-state index contributed by atoms with van der Waals surface area (Å²) in [7, 11) is 1.73. The maximum atomic E-state index is 5.49. The van der Waals surface area contributed by atoms with Crippen LogP contribution in [0.15, 0.2) is 42.5 Å². The number of hydrogen-bond acceptors (Lipinski definition) is 2. The van der Waals surface area contributed by atoms with Gasteiger partial charge in [-0.1, -0.05) is 42.0 Å². The number of rotatable bonds is 5. The molecule has 0 saturated carbocycles. The summed E-state index contributed by atoms with van der Waals surface area (Å²) in [6.45, 7) is 8.67. The summed E-state index contributed by atoms with van der Waals surface area (Å²) in [5, 5.41) is 3.68. The highest BCUT2D eigenvalue weighted by atomic mass is 16.5. The Morgan fingerprint density at radius 3 is 2.24 bits per heavy atom. The van der Waals surface area contributed by atoms with Crippen molar-refractivity contribution in [3.8, 4) is 5.75 Å². The molecule has 2 rings (SSSR count). The van der Waals surface area contributed by atoms with E-state index in [2.05, 4.69) is 69.4 Å². The third-order valence-electron chi connectivity index (χ3n) is 4.01. The molecule has 21 heavy (non-hydrogen) atoms. The monoisotopic (exact) mass is 283 g/mol. The van der Waals surface area contributed by atoms with Gasteiger partial charge < -0.3 is 10.1 Å². The lowest BCUT2D eigenvalue weighted by molar-refractivity contribution is 0.396. The first kappa shape index (κ1) is 15.6. The van der Waals surface area contributed by atoms with E-state index in [1.165, 1.54) is 22.3 Å². The van der Waals surface area contributed by atoms with E-state index in [1.54, 1.807) is 7.11 Å². The number of methoxy groups -OCH3 is 1. The molecule has 0 amide bonds. The van der Waals surface area contributed by atoms with Crippen LogP contribution in [0.1, 0.15) is 48.2 Å². The van der Waals surface area contributed by atoms with Crippen molar-refractivity contribution in [2.24, 2.45) is 0 Å². The molecule has 0 radical (unpaired) electrons. The zero-order valence-corrected chi connectivity index (χ0v) is 13.6. The number of nitrogens with one attached hydrogen (secondary N) is 1. The van der Waals surface area contributed by atoms with E-state index in [9.17, 15) is 0 Å². The fourth-order valence-corrected chi connectivity index (χ4v) is 2.82. The Hall–Kier alpha value is -1.80. The van der Waals surface area contributed by atoms with Crippen LogP contribution < -0.4 is 10.1 Å². The summed E-state index contributed by atoms with van der Waals surface area (Å²) in [5.74, 6) is 0.942. The number of benzene rings is 2. The van der Waals surface area contributed by atoms with Crippen molar-refractivity contribution in [3.05, 3.63) is 64.7 Å². The maximum absolute atomic E-state index is 5.49. The van der Waals surface area contributed by atoms with E-state index < -0.39 is 0 Å². The fourth-order valence-electron chi connectivity index (χ4n) is 2.82. The van der Waals surface area contributed by atoms with Crippen LogP contribution in [0, 0.1) is 13.8 Å². The summed E-state index contributed by atoms with van der Waals surface area (Å²) >= 11 is 0. The molecule has 2 heteroatoms. The largest absolute Gasteiger partial charge is 0.496 e. The van der Waals surface area contributed by atoms with Gasteiger partial charge in [-0.15, -0.1) is 0 Å². The average molecular weight is 283 g/mol. The smallest absolute Gasteiger partial charge is 0.123 e. The molecular formula is C19H25NO. The molecule has 0 fully saturated rings. The molecular weight excluding hydrogens is 258 g/mol. The van der Waals surface area contributed by atoms with E-state index in [-0.39, 0.29) is 6.04 Å². The molecule has 112 valence electrons. The van der Waals surface area contributed by atoms with Crippen molar-refractivity contribution in [2.45, 2.75) is 39.8 Å². The van der Waals surface area contributed by atoms with Gasteiger partial charge in [0.2, 0.25) is 0 Å². The van der Waals surface area contributed by atoms with Crippen LogP contribution >= 0.6 is 0 Å². The SMILES string of the molecule is COc1ccc(C)cc1C(C)N[C@H](C)c1ccccc1C. The molecule has 0 heterocycles. The molecule has 0 aliphatic carbocycles. The highest BCUT2D eigenvalue weighted by Crippen LogP contribution is 2.28. The minimum absolute atomic E-state index is 0.231. The first-order valence-corrected chi connectivity index (χ1v) is 7.49. The highest BCUT2D eigenvalue weighted by Gasteiger charge is 2.15. The van der Waals surface area contributed by atoms with Crippen molar-refractivity contribution in [3.63, 3.8) is 0 Å². The van der Waals surface area contributed by atoms with Crippen LogP contribution in [-0.4, -0.2) is 7.11 Å². The summed E-state index contributed by atoms with van der Waals surface area (Å²) in [6, 6.07) is 15.4. The van der Waals surface area contributed by atoms with E-state index in [0.29, 0.717) is 6.04 Å². The molecule has 1 unspecified atom stereocenters. The standard InChI is InChI=1S/C19H25NO/c1-13-10-11-19(21-5)18(12-13)16(4)20-15(3)17-9-7-6-8-14(17)2/h6-12,15-16,20H,1-5H3/t15-,16?/m1/s1. The summed E-state index contributed by atoms with van der Waals surface area (Å²) < 4.78 is 5.49. The Morgan fingerprint density at radius 2 is 1.57 bits per heavy atom. The van der Waals surface area contributed by atoms with Gasteiger partial charge in [0.15, 0.2) is 0 Å². The zero-order chi connectivity index (χ0) is 15.4. The van der Waals surface area contributed by atoms with Crippen LogP contribution in [0.4, 0.5) is 0 Å². The van der Waals surface area contributed by atoms with Gasteiger partial charge in [0, 0.05) is 17.6 Å². The lowest BCUT2D eigenvalue weighted by atomic mass is 9.99. The van der Waals surface area contributed by atoms with Crippen LogP contribution in [-0.2, 0) is 0 Å². The Labute approximate surface area is 128 Å². The van der Waals surface area contributed by atoms with Crippen molar-refractivity contribution in [1.29, 1.82) is 0 Å².